The Kier molecular flexibility index (Phi) is 8.45. The summed E-state index contributed by atoms with van der Waals surface area (Å²) in [5, 5.41) is 4.07. The number of methoxy groups -OCH3 is 1. The predicted molar refractivity (Wildman–Crippen MR) is 150 cm³/mol. The molecule has 0 saturated heterocycles. The van der Waals surface area contributed by atoms with Crippen LogP contribution in [0, 0.1) is 17.6 Å². The van der Waals surface area contributed by atoms with E-state index in [0.717, 1.165) is 28.1 Å². The third-order valence-electron chi connectivity index (χ3n) is 5.60. The van der Waals surface area contributed by atoms with Crippen LogP contribution in [0.5, 0.6) is 5.75 Å². The molecule has 0 spiro atoms. The number of anilines is 2. The van der Waals surface area contributed by atoms with Crippen LogP contribution < -0.4 is 14.8 Å². The molecule has 2 aromatic heterocycles. The van der Waals surface area contributed by atoms with Crippen LogP contribution in [0.1, 0.15) is 38.6 Å². The molecule has 39 heavy (non-hydrogen) atoms. The summed E-state index contributed by atoms with van der Waals surface area (Å²) in [5.74, 6) is -1.27. The number of nitrogens with one attached hydrogen (secondary N) is 2. The first-order valence-corrected chi connectivity index (χ1v) is 14.5. The van der Waals surface area contributed by atoms with E-state index < -0.39 is 26.6 Å². The third kappa shape index (κ3) is 6.17. The first-order chi connectivity index (χ1) is 18.5. The Morgan fingerprint density at radius 1 is 1.00 bits per heavy atom. The van der Waals surface area contributed by atoms with Crippen molar-refractivity contribution in [3.05, 3.63) is 65.3 Å². The van der Waals surface area contributed by atoms with Gasteiger partial charge >= 0.3 is 0 Å². The quantitative estimate of drug-likeness (QED) is 0.222. The number of hydrogen-bond donors (Lipinski definition) is 2. The molecule has 0 amide bonds. The van der Waals surface area contributed by atoms with Crippen LogP contribution in [-0.4, -0.2) is 37.0 Å². The van der Waals surface area contributed by atoms with E-state index in [4.69, 9.17) is 9.72 Å². The average molecular weight is 574 g/mol. The number of aromatic nitrogens is 3. The summed E-state index contributed by atoms with van der Waals surface area (Å²) < 4.78 is 62.5. The fourth-order valence-corrected chi connectivity index (χ4v) is 6.02. The lowest BCUT2D eigenvalue weighted by Gasteiger charge is -2.16. The molecule has 2 N–H and O–H groups in total. The van der Waals surface area contributed by atoms with E-state index in [2.05, 4.69) is 33.9 Å². The van der Waals surface area contributed by atoms with Gasteiger partial charge in [0.05, 0.1) is 34.1 Å². The van der Waals surface area contributed by atoms with Crippen molar-refractivity contribution in [3.63, 3.8) is 0 Å². The number of ether oxygens (including phenoxy) is 1. The lowest BCUT2D eigenvalue weighted by atomic mass is 10.1. The second-order valence-corrected chi connectivity index (χ2v) is 12.1. The minimum atomic E-state index is -4.62. The molecule has 0 aliphatic heterocycles. The van der Waals surface area contributed by atoms with Crippen molar-refractivity contribution in [2.24, 2.45) is 5.92 Å². The summed E-state index contributed by atoms with van der Waals surface area (Å²) in [5.41, 5.74) is 1.66. The van der Waals surface area contributed by atoms with Gasteiger partial charge in [0.2, 0.25) is 5.95 Å². The average Bonchev–Trinajstić information content (AvgIpc) is 3.33. The molecule has 0 saturated carbocycles. The summed E-state index contributed by atoms with van der Waals surface area (Å²) in [7, 11) is -3.24. The molecule has 0 aliphatic carbocycles. The molecule has 2 heterocycles. The van der Waals surface area contributed by atoms with Crippen LogP contribution in [-0.2, 0) is 10.0 Å². The van der Waals surface area contributed by atoms with Crippen LogP contribution in [0.2, 0.25) is 0 Å². The fraction of sp³-hybridized carbons (Fsp3) is 0.296. The van der Waals surface area contributed by atoms with Gasteiger partial charge in [0.1, 0.15) is 11.6 Å². The molecule has 0 fully saturated rings. The fourth-order valence-electron chi connectivity index (χ4n) is 3.76. The van der Waals surface area contributed by atoms with E-state index >= 15 is 0 Å². The van der Waals surface area contributed by atoms with Crippen molar-refractivity contribution in [1.29, 1.82) is 0 Å². The zero-order chi connectivity index (χ0) is 28.3. The Bertz CT molecular complexity index is 1570. The normalized spacial score (nSPS) is 11.7. The van der Waals surface area contributed by atoms with E-state index in [1.165, 1.54) is 24.5 Å². The Labute approximate surface area is 230 Å². The van der Waals surface area contributed by atoms with Gasteiger partial charge in [0.25, 0.3) is 10.0 Å². The molecule has 0 bridgehead atoms. The lowest BCUT2D eigenvalue weighted by molar-refractivity contribution is 0.418. The Balaban J connectivity index is 1.82. The number of sulfonamides is 1. The van der Waals surface area contributed by atoms with E-state index in [9.17, 15) is 17.2 Å². The Morgan fingerprint density at radius 2 is 1.69 bits per heavy atom. The van der Waals surface area contributed by atoms with Crippen LogP contribution in [0.25, 0.3) is 21.8 Å². The summed E-state index contributed by atoms with van der Waals surface area (Å²) in [6, 6.07) is 9.44. The van der Waals surface area contributed by atoms with Crippen molar-refractivity contribution in [3.8, 4) is 27.6 Å². The molecule has 12 heteroatoms. The smallest absolute Gasteiger partial charge is 0.267 e. The summed E-state index contributed by atoms with van der Waals surface area (Å²) in [6.07, 6.45) is 1.66. The van der Waals surface area contributed by atoms with Crippen LogP contribution in [0.4, 0.5) is 20.4 Å². The number of thiazole rings is 1. The van der Waals surface area contributed by atoms with Gasteiger partial charge in [-0.15, -0.1) is 11.3 Å². The molecule has 0 radical (unpaired) electrons. The second kappa shape index (κ2) is 11.6. The third-order valence-corrected chi connectivity index (χ3v) is 8.40. The number of benzene rings is 2. The maximum Gasteiger partial charge on any atom is 0.267 e. The molecule has 0 aliphatic rings. The van der Waals surface area contributed by atoms with Gasteiger partial charge in [-0.1, -0.05) is 39.8 Å². The molecule has 4 rings (SSSR count). The highest BCUT2D eigenvalue weighted by atomic mass is 32.2. The number of rotatable bonds is 10. The van der Waals surface area contributed by atoms with Gasteiger partial charge in [-0.05, 0) is 36.2 Å². The largest absolute Gasteiger partial charge is 0.494 e. The summed E-state index contributed by atoms with van der Waals surface area (Å²) >= 11 is 1.47. The van der Waals surface area contributed by atoms with Gasteiger partial charge < -0.3 is 10.1 Å². The van der Waals surface area contributed by atoms with Gasteiger partial charge in [0.15, 0.2) is 10.6 Å². The minimum absolute atomic E-state index is 0.00433. The Morgan fingerprint density at radius 3 is 2.33 bits per heavy atom. The van der Waals surface area contributed by atoms with E-state index in [1.807, 2.05) is 13.8 Å². The predicted octanol–water partition coefficient (Wildman–Crippen LogP) is 6.55. The van der Waals surface area contributed by atoms with Crippen LogP contribution in [0.3, 0.4) is 0 Å². The van der Waals surface area contributed by atoms with Crippen molar-refractivity contribution in [1.82, 2.24) is 15.0 Å². The topological polar surface area (TPSA) is 106 Å². The second-order valence-electron chi connectivity index (χ2n) is 9.47. The minimum Gasteiger partial charge on any atom is -0.494 e. The van der Waals surface area contributed by atoms with Crippen molar-refractivity contribution in [2.75, 3.05) is 23.7 Å². The van der Waals surface area contributed by atoms with E-state index in [0.29, 0.717) is 35.4 Å². The number of nitrogens with zero attached hydrogens (tertiary/aromatic N) is 3. The van der Waals surface area contributed by atoms with Crippen LogP contribution in [0.15, 0.2) is 53.6 Å². The highest BCUT2D eigenvalue weighted by Gasteiger charge is 2.27. The maximum atomic E-state index is 14.3. The SMILES string of the molecule is COc1c(NS(=O)(=O)c2c(F)cccc2F)cccc1-c1nc(C(C)C)sc1-c1ccnc(NCC(C)C)n1. The molecule has 206 valence electrons. The number of hydrogen-bond acceptors (Lipinski definition) is 8. The van der Waals surface area contributed by atoms with Crippen molar-refractivity contribution >= 4 is 33.0 Å². The zero-order valence-corrected chi connectivity index (χ0v) is 23.8. The van der Waals surface area contributed by atoms with Gasteiger partial charge in [-0.25, -0.2) is 32.2 Å². The number of para-hydroxylation sites is 1. The Hall–Kier alpha value is -3.64. The first-order valence-electron chi connectivity index (χ1n) is 12.2. The lowest BCUT2D eigenvalue weighted by Crippen LogP contribution is -2.17. The zero-order valence-electron chi connectivity index (χ0n) is 22.1. The monoisotopic (exact) mass is 573 g/mol. The molecule has 0 unspecified atom stereocenters. The maximum absolute atomic E-state index is 14.3. The van der Waals surface area contributed by atoms with Crippen LogP contribution >= 0.6 is 11.3 Å². The van der Waals surface area contributed by atoms with Crippen molar-refractivity contribution in [2.45, 2.75) is 38.5 Å². The molecular formula is C27H29F2N5O3S2. The summed E-state index contributed by atoms with van der Waals surface area (Å²) in [6.45, 7) is 8.91. The number of halogens is 2. The van der Waals surface area contributed by atoms with E-state index in [-0.39, 0.29) is 17.4 Å². The van der Waals surface area contributed by atoms with Gasteiger partial charge in [-0.3, -0.25) is 4.72 Å². The standard InChI is InChI=1S/C27H29F2N5O3S2/c1-15(2)14-31-27-30-13-12-21(32-27)24-22(33-26(38-24)16(3)4)17-8-6-11-20(23(17)37-5)34-39(35,36)25-18(28)9-7-10-19(25)29/h6-13,15-16,34H,14H2,1-5H3,(H,30,31,32). The highest BCUT2D eigenvalue weighted by molar-refractivity contribution is 7.92. The van der Waals surface area contributed by atoms with Crippen molar-refractivity contribution < 1.29 is 21.9 Å². The molecule has 0 atom stereocenters. The molecule has 2 aromatic carbocycles. The first kappa shape index (κ1) is 28.4. The molecule has 4 aromatic rings. The van der Waals surface area contributed by atoms with E-state index in [1.54, 1.807) is 24.4 Å². The van der Waals surface area contributed by atoms with Gasteiger partial charge in [0, 0.05) is 24.2 Å². The summed E-state index contributed by atoms with van der Waals surface area (Å²) in [4.78, 5) is 13.5. The molecular weight excluding hydrogens is 544 g/mol. The molecule has 8 nitrogen and oxygen atoms in total. The highest BCUT2D eigenvalue weighted by Crippen LogP contribution is 2.44. The van der Waals surface area contributed by atoms with Gasteiger partial charge in [-0.2, -0.15) is 0 Å².